The summed E-state index contributed by atoms with van der Waals surface area (Å²) in [4.78, 5) is 0.947. The molecule has 1 saturated heterocycles. The van der Waals surface area contributed by atoms with Crippen LogP contribution in [0, 0.1) is 11.8 Å². The maximum atomic E-state index is 12.9. The fraction of sp³-hybridized carbons (Fsp3) is 0.500. The van der Waals surface area contributed by atoms with E-state index < -0.39 is 43.7 Å². The number of piperidine rings is 1. The lowest BCUT2D eigenvalue weighted by Gasteiger charge is -2.40. The lowest BCUT2D eigenvalue weighted by Crippen LogP contribution is -2.52. The number of thiocarbonyl (C=S) groups is 1. The highest BCUT2D eigenvalue weighted by atomic mass is 32.1. The average molecular weight is 356 g/mol. The van der Waals surface area contributed by atoms with Crippen LogP contribution in [-0.2, 0) is 0 Å². The Labute approximate surface area is 134 Å². The zero-order valence-corrected chi connectivity index (χ0v) is 12.6. The van der Waals surface area contributed by atoms with Crippen molar-refractivity contribution in [3.05, 3.63) is 30.3 Å². The second-order valence-corrected chi connectivity index (χ2v) is 5.80. The molecule has 1 aromatic rings. The van der Waals surface area contributed by atoms with E-state index in [1.807, 2.05) is 0 Å². The maximum Gasteiger partial charge on any atom is 0.393 e. The molecule has 2 atom stereocenters. The van der Waals surface area contributed by atoms with Crippen LogP contribution in [-0.4, -0.2) is 35.5 Å². The Morgan fingerprint density at radius 1 is 0.957 bits per heavy atom. The molecule has 0 amide bonds. The second kappa shape index (κ2) is 6.54. The quantitative estimate of drug-likeness (QED) is 0.591. The van der Waals surface area contributed by atoms with Gasteiger partial charge in [-0.3, -0.25) is 0 Å². The van der Waals surface area contributed by atoms with Gasteiger partial charge in [0.15, 0.2) is 5.11 Å². The third kappa shape index (κ3) is 4.73. The van der Waals surface area contributed by atoms with E-state index in [-0.39, 0.29) is 5.11 Å². The summed E-state index contributed by atoms with van der Waals surface area (Å²) < 4.78 is 77.5. The predicted octanol–water partition coefficient (Wildman–Crippen LogP) is 4.45. The van der Waals surface area contributed by atoms with E-state index in [4.69, 9.17) is 12.2 Å². The molecule has 0 unspecified atom stereocenters. The molecular weight excluding hydrogens is 342 g/mol. The van der Waals surface area contributed by atoms with Crippen molar-refractivity contribution >= 4 is 23.0 Å². The Morgan fingerprint density at radius 2 is 1.43 bits per heavy atom. The summed E-state index contributed by atoms with van der Waals surface area (Å²) in [5.74, 6) is -4.11. The smallest absolute Gasteiger partial charge is 0.348 e. The van der Waals surface area contributed by atoms with Gasteiger partial charge < -0.3 is 10.2 Å². The summed E-state index contributed by atoms with van der Waals surface area (Å²) in [6.07, 6.45) is -10.3. The molecule has 0 bridgehead atoms. The van der Waals surface area contributed by atoms with E-state index in [9.17, 15) is 26.3 Å². The van der Waals surface area contributed by atoms with Gasteiger partial charge in [-0.05, 0) is 30.8 Å². The number of rotatable bonds is 1. The first-order valence-corrected chi connectivity index (χ1v) is 7.22. The van der Waals surface area contributed by atoms with E-state index in [2.05, 4.69) is 5.32 Å². The number of nitrogens with one attached hydrogen (secondary N) is 1. The third-order valence-corrected chi connectivity index (χ3v) is 4.05. The summed E-state index contributed by atoms with van der Waals surface area (Å²) in [7, 11) is 0. The Bertz CT molecular complexity index is 520. The molecule has 128 valence electrons. The Hall–Kier alpha value is -1.51. The van der Waals surface area contributed by atoms with Crippen LogP contribution in [0.4, 0.5) is 32.0 Å². The molecule has 9 heteroatoms. The third-order valence-electron chi connectivity index (χ3n) is 3.69. The van der Waals surface area contributed by atoms with Gasteiger partial charge in [-0.1, -0.05) is 18.2 Å². The molecule has 1 aromatic carbocycles. The van der Waals surface area contributed by atoms with Crippen molar-refractivity contribution in [3.8, 4) is 0 Å². The zero-order valence-electron chi connectivity index (χ0n) is 11.8. The van der Waals surface area contributed by atoms with E-state index in [1.54, 1.807) is 30.3 Å². The van der Waals surface area contributed by atoms with Gasteiger partial charge in [-0.15, -0.1) is 0 Å². The average Bonchev–Trinajstić information content (AvgIpc) is 2.46. The number of benzene rings is 1. The first-order chi connectivity index (χ1) is 10.6. The van der Waals surface area contributed by atoms with Crippen molar-refractivity contribution in [3.63, 3.8) is 0 Å². The van der Waals surface area contributed by atoms with Crippen LogP contribution in [0.1, 0.15) is 6.42 Å². The van der Waals surface area contributed by atoms with Crippen molar-refractivity contribution in [2.45, 2.75) is 18.8 Å². The fourth-order valence-corrected chi connectivity index (χ4v) is 2.73. The molecule has 1 heterocycles. The molecule has 0 spiro atoms. The van der Waals surface area contributed by atoms with Crippen LogP contribution < -0.4 is 5.32 Å². The van der Waals surface area contributed by atoms with Gasteiger partial charge in [0.1, 0.15) is 0 Å². The van der Waals surface area contributed by atoms with E-state index >= 15 is 0 Å². The molecule has 0 aliphatic carbocycles. The summed E-state index contributed by atoms with van der Waals surface area (Å²) in [5.41, 5.74) is 0.509. The molecule has 0 radical (unpaired) electrons. The number of anilines is 1. The van der Waals surface area contributed by atoms with Gasteiger partial charge in [0.2, 0.25) is 0 Å². The van der Waals surface area contributed by atoms with Crippen LogP contribution in [0.3, 0.4) is 0 Å². The molecular formula is C14H14F6N2S. The Kier molecular flexibility index (Phi) is 5.07. The molecule has 1 N–H and O–H groups in total. The minimum Gasteiger partial charge on any atom is -0.348 e. The minimum atomic E-state index is -4.69. The number of hydrogen-bond acceptors (Lipinski definition) is 1. The van der Waals surface area contributed by atoms with Crippen molar-refractivity contribution < 1.29 is 26.3 Å². The summed E-state index contributed by atoms with van der Waals surface area (Å²) in [5, 5.41) is 2.54. The van der Waals surface area contributed by atoms with E-state index in [0.717, 1.165) is 4.90 Å². The fourth-order valence-electron chi connectivity index (χ4n) is 2.46. The topological polar surface area (TPSA) is 15.3 Å². The van der Waals surface area contributed by atoms with Crippen LogP contribution >= 0.6 is 12.2 Å². The summed E-state index contributed by atoms with van der Waals surface area (Å²) in [6, 6.07) is 8.34. The van der Waals surface area contributed by atoms with Crippen LogP contribution in [0.25, 0.3) is 0 Å². The Balaban J connectivity index is 2.14. The molecule has 0 aromatic heterocycles. The highest BCUT2D eigenvalue weighted by Crippen LogP contribution is 2.41. The maximum absolute atomic E-state index is 12.9. The number of halogens is 6. The zero-order chi connectivity index (χ0) is 17.3. The highest BCUT2D eigenvalue weighted by Gasteiger charge is 2.51. The lowest BCUT2D eigenvalue weighted by molar-refractivity contribution is -0.225. The molecule has 2 nitrogen and oxygen atoms in total. The second-order valence-electron chi connectivity index (χ2n) is 5.41. The van der Waals surface area contributed by atoms with Crippen molar-refractivity contribution in [2.24, 2.45) is 11.8 Å². The summed E-state index contributed by atoms with van der Waals surface area (Å²) in [6.45, 7) is -1.15. The first-order valence-electron chi connectivity index (χ1n) is 6.82. The van der Waals surface area contributed by atoms with Gasteiger partial charge >= 0.3 is 12.4 Å². The van der Waals surface area contributed by atoms with Crippen LogP contribution in [0.2, 0.25) is 0 Å². The molecule has 0 saturated carbocycles. The summed E-state index contributed by atoms with van der Waals surface area (Å²) >= 11 is 4.99. The number of para-hydroxylation sites is 1. The van der Waals surface area contributed by atoms with Gasteiger partial charge in [-0.25, -0.2) is 0 Å². The predicted molar refractivity (Wildman–Crippen MR) is 77.9 cm³/mol. The lowest BCUT2D eigenvalue weighted by atomic mass is 9.88. The highest BCUT2D eigenvalue weighted by molar-refractivity contribution is 7.80. The SMILES string of the molecule is FC(F)(F)[C@H]1C[C@H](C(F)(F)F)CN(C(=S)Nc2ccccc2)C1. The molecule has 1 aliphatic heterocycles. The molecule has 23 heavy (non-hydrogen) atoms. The van der Waals surface area contributed by atoms with Crippen LogP contribution in [0.5, 0.6) is 0 Å². The van der Waals surface area contributed by atoms with Gasteiger partial charge in [-0.2, -0.15) is 26.3 Å². The minimum absolute atomic E-state index is 0.139. The number of hydrogen-bond donors (Lipinski definition) is 1. The van der Waals surface area contributed by atoms with Gasteiger partial charge in [0, 0.05) is 18.8 Å². The van der Waals surface area contributed by atoms with E-state index in [1.165, 1.54) is 0 Å². The molecule has 1 aliphatic rings. The largest absolute Gasteiger partial charge is 0.393 e. The molecule has 1 fully saturated rings. The first kappa shape index (κ1) is 17.8. The van der Waals surface area contributed by atoms with E-state index in [0.29, 0.717) is 5.69 Å². The van der Waals surface area contributed by atoms with Crippen molar-refractivity contribution in [1.82, 2.24) is 4.90 Å². The number of likely N-dealkylation sites (tertiary alicyclic amines) is 1. The van der Waals surface area contributed by atoms with Crippen molar-refractivity contribution in [2.75, 3.05) is 18.4 Å². The van der Waals surface area contributed by atoms with Crippen LogP contribution in [0.15, 0.2) is 30.3 Å². The van der Waals surface area contributed by atoms with Gasteiger partial charge in [0.05, 0.1) is 11.8 Å². The Morgan fingerprint density at radius 3 is 1.87 bits per heavy atom. The number of nitrogens with zero attached hydrogens (tertiary/aromatic N) is 1. The standard InChI is InChI=1S/C14H14F6N2S/c15-13(16,17)9-6-10(14(18,19)20)8-22(7-9)12(23)21-11-4-2-1-3-5-11/h1-5,9-10H,6-8H2,(H,21,23)/t9-,10-/m0/s1. The van der Waals surface area contributed by atoms with Gasteiger partial charge in [0.25, 0.3) is 0 Å². The normalized spacial score (nSPS) is 22.8. The van der Waals surface area contributed by atoms with Crippen molar-refractivity contribution in [1.29, 1.82) is 0 Å². The molecule has 2 rings (SSSR count). The monoisotopic (exact) mass is 356 g/mol. The number of alkyl halides is 6.